The molecule has 1 aromatic rings. The number of allylic oxidation sites excluding steroid dienone is 2. The average Bonchev–Trinajstić information content (AvgIpc) is 3.40. The molecule has 0 bridgehead atoms. The number of dihydropyridines is 1. The molecule has 5 rings (SSSR count). The summed E-state index contributed by atoms with van der Waals surface area (Å²) in [6, 6.07) is 5.99. The lowest BCUT2D eigenvalue weighted by molar-refractivity contribution is -0.129. The van der Waals surface area contributed by atoms with Crippen LogP contribution >= 0.6 is 11.6 Å². The summed E-state index contributed by atoms with van der Waals surface area (Å²) in [5, 5.41) is 6.98. The summed E-state index contributed by atoms with van der Waals surface area (Å²) >= 11 is 6.80. The molecule has 0 radical (unpaired) electrons. The predicted octanol–water partition coefficient (Wildman–Crippen LogP) is 5.31. The quantitative estimate of drug-likeness (QED) is 0.429. The van der Waals surface area contributed by atoms with Gasteiger partial charge in [-0.3, -0.25) is 19.5 Å². The third-order valence-electron chi connectivity index (χ3n) is 8.39. The molecule has 0 spiro atoms. The van der Waals surface area contributed by atoms with Crippen LogP contribution in [0.4, 0.5) is 0 Å². The maximum absolute atomic E-state index is 14.2. The van der Waals surface area contributed by atoms with Gasteiger partial charge in [0.15, 0.2) is 0 Å². The van der Waals surface area contributed by atoms with Crippen molar-refractivity contribution in [2.75, 3.05) is 26.3 Å². The highest BCUT2D eigenvalue weighted by molar-refractivity contribution is 6.38. The number of rotatable bonds is 8. The molecular formula is C33H40ClN5O3. The number of carbonyl (C=O) groups excluding carboxylic acids is 2. The Balaban J connectivity index is 1.46. The first kappa shape index (κ1) is 30.0. The second-order valence-corrected chi connectivity index (χ2v) is 11.8. The van der Waals surface area contributed by atoms with Crippen LogP contribution in [0.3, 0.4) is 0 Å². The Bertz CT molecular complexity index is 1390. The smallest absolute Gasteiger partial charge is 0.260 e. The minimum Gasteiger partial charge on any atom is -0.381 e. The molecule has 8 nitrogen and oxygen atoms in total. The standard InChI is InChI=1S/C33H40ClN5O3/c1-4-23-17-28(27-11-10-24(18-29(27)34)25-8-6-14-35-19-25)33(41)39(20-31(40)38-30-9-5-7-21(30)2)32(23)37-22(3)36-26-12-15-42-16-13-26/h4,8,10-11,17-19,21,26,30,36H,3,5-7,9,12-16,20H2,1-2H3,(H,38,40)/b23-4-,37-32+. The first-order chi connectivity index (χ1) is 20.3. The van der Waals surface area contributed by atoms with Crippen LogP contribution in [0.1, 0.15) is 63.5 Å². The fraction of sp³-hybridized carbons (Fsp3) is 0.455. The summed E-state index contributed by atoms with van der Waals surface area (Å²) in [4.78, 5) is 38.1. The van der Waals surface area contributed by atoms with Gasteiger partial charge in [-0.1, -0.05) is 55.8 Å². The van der Waals surface area contributed by atoms with Crippen molar-refractivity contribution in [3.8, 4) is 0 Å². The average molecular weight is 590 g/mol. The summed E-state index contributed by atoms with van der Waals surface area (Å²) in [6.07, 6.45) is 13.4. The monoisotopic (exact) mass is 589 g/mol. The van der Waals surface area contributed by atoms with Crippen molar-refractivity contribution in [3.63, 3.8) is 0 Å². The van der Waals surface area contributed by atoms with Gasteiger partial charge in [-0.2, -0.15) is 0 Å². The molecule has 1 saturated heterocycles. The zero-order valence-electron chi connectivity index (χ0n) is 24.5. The fourth-order valence-corrected chi connectivity index (χ4v) is 6.25. The van der Waals surface area contributed by atoms with Gasteiger partial charge in [-0.25, -0.2) is 4.99 Å². The van der Waals surface area contributed by atoms with Gasteiger partial charge in [0.2, 0.25) is 5.91 Å². The van der Waals surface area contributed by atoms with E-state index in [4.69, 9.17) is 21.3 Å². The van der Waals surface area contributed by atoms with Gasteiger partial charge < -0.3 is 15.4 Å². The number of benzene rings is 1. The first-order valence-corrected chi connectivity index (χ1v) is 15.3. The lowest BCUT2D eigenvalue weighted by atomic mass is 9.94. The molecule has 3 heterocycles. The number of halogens is 1. The molecule has 0 aromatic heterocycles. The third kappa shape index (κ3) is 6.93. The number of amidine groups is 1. The predicted molar refractivity (Wildman–Crippen MR) is 169 cm³/mol. The molecule has 1 aromatic carbocycles. The van der Waals surface area contributed by atoms with E-state index in [0.29, 0.717) is 52.5 Å². The third-order valence-corrected chi connectivity index (χ3v) is 8.70. The van der Waals surface area contributed by atoms with Crippen LogP contribution in [-0.2, 0) is 14.3 Å². The number of hydrogen-bond donors (Lipinski definition) is 2. The molecule has 4 aliphatic rings. The molecule has 2 amide bonds. The largest absolute Gasteiger partial charge is 0.381 e. The maximum Gasteiger partial charge on any atom is 0.260 e. The summed E-state index contributed by atoms with van der Waals surface area (Å²) in [5.74, 6) is 0.702. The van der Waals surface area contributed by atoms with E-state index in [9.17, 15) is 9.59 Å². The molecule has 222 valence electrons. The van der Waals surface area contributed by atoms with Gasteiger partial charge >= 0.3 is 0 Å². The van der Waals surface area contributed by atoms with E-state index < -0.39 is 0 Å². The Hall–Kier alpha value is -3.49. The van der Waals surface area contributed by atoms with Gasteiger partial charge in [-0.15, -0.1) is 0 Å². The van der Waals surface area contributed by atoms with Gasteiger partial charge in [0.05, 0.1) is 0 Å². The summed E-state index contributed by atoms with van der Waals surface area (Å²) in [7, 11) is 0. The van der Waals surface area contributed by atoms with Crippen molar-refractivity contribution in [3.05, 3.63) is 70.5 Å². The lowest BCUT2D eigenvalue weighted by Gasteiger charge is -2.31. The maximum atomic E-state index is 14.2. The summed E-state index contributed by atoms with van der Waals surface area (Å²) in [5.41, 5.74) is 3.68. The minimum atomic E-state index is -0.332. The number of carbonyl (C=O) groups is 2. The van der Waals surface area contributed by atoms with Crippen LogP contribution in [0.25, 0.3) is 11.1 Å². The van der Waals surface area contributed by atoms with Crippen LogP contribution in [0.15, 0.2) is 64.4 Å². The minimum absolute atomic E-state index is 0.110. The zero-order valence-corrected chi connectivity index (χ0v) is 25.3. The van der Waals surface area contributed by atoms with Gasteiger partial charge in [-0.05, 0) is 68.2 Å². The van der Waals surface area contributed by atoms with Gasteiger partial charge in [0, 0.05) is 59.8 Å². The highest BCUT2D eigenvalue weighted by Gasteiger charge is 2.34. The Morgan fingerprint density at radius 2 is 2.05 bits per heavy atom. The molecule has 42 heavy (non-hydrogen) atoms. The van der Waals surface area contributed by atoms with Crippen LogP contribution in [0, 0.1) is 5.92 Å². The Labute approximate surface area is 253 Å². The zero-order chi connectivity index (χ0) is 29.6. The Morgan fingerprint density at radius 1 is 1.24 bits per heavy atom. The highest BCUT2D eigenvalue weighted by atomic mass is 35.5. The molecule has 3 aliphatic heterocycles. The van der Waals surface area contributed by atoms with Crippen molar-refractivity contribution >= 4 is 46.6 Å². The molecule has 1 aliphatic carbocycles. The highest BCUT2D eigenvalue weighted by Crippen LogP contribution is 2.33. The van der Waals surface area contributed by atoms with Crippen LogP contribution in [0.5, 0.6) is 0 Å². The van der Waals surface area contributed by atoms with E-state index in [1.807, 2.05) is 37.4 Å². The van der Waals surface area contributed by atoms with Crippen molar-refractivity contribution < 1.29 is 14.3 Å². The molecule has 2 N–H and O–H groups in total. The molecule has 2 unspecified atom stereocenters. The van der Waals surface area contributed by atoms with Crippen molar-refractivity contribution in [2.24, 2.45) is 15.9 Å². The Morgan fingerprint density at radius 3 is 2.71 bits per heavy atom. The topological polar surface area (TPSA) is 95.4 Å². The first-order valence-electron chi connectivity index (χ1n) is 15.0. The molecule has 2 fully saturated rings. The van der Waals surface area contributed by atoms with E-state index in [1.54, 1.807) is 6.08 Å². The van der Waals surface area contributed by atoms with E-state index in [-0.39, 0.29) is 30.4 Å². The normalized spacial score (nSPS) is 25.0. The van der Waals surface area contributed by atoms with E-state index in [2.05, 4.69) is 35.2 Å². The lowest BCUT2D eigenvalue weighted by Crippen LogP contribution is -2.49. The number of nitrogens with one attached hydrogen (secondary N) is 2. The van der Waals surface area contributed by atoms with Crippen LogP contribution in [0.2, 0.25) is 5.02 Å². The number of amides is 2. The number of ether oxygens (including phenoxy) is 1. The molecule has 1 saturated carbocycles. The number of hydrogen-bond acceptors (Lipinski definition) is 6. The van der Waals surface area contributed by atoms with Gasteiger partial charge in [0.1, 0.15) is 18.2 Å². The summed E-state index contributed by atoms with van der Waals surface area (Å²) in [6.45, 7) is 10.2. The van der Waals surface area contributed by atoms with E-state index in [0.717, 1.165) is 56.2 Å². The second-order valence-electron chi connectivity index (χ2n) is 11.4. The van der Waals surface area contributed by atoms with Crippen molar-refractivity contribution in [1.82, 2.24) is 15.5 Å². The van der Waals surface area contributed by atoms with Crippen molar-refractivity contribution in [1.29, 1.82) is 0 Å². The van der Waals surface area contributed by atoms with Gasteiger partial charge in [0.25, 0.3) is 5.91 Å². The number of nitrogens with zero attached hydrogens (tertiary/aromatic N) is 3. The van der Waals surface area contributed by atoms with E-state index in [1.165, 1.54) is 4.90 Å². The van der Waals surface area contributed by atoms with Crippen molar-refractivity contribution in [2.45, 2.75) is 64.5 Å². The molecule has 9 heteroatoms. The SMILES string of the molecule is C=C(/N=C1\C(=C/C)C=C(c2ccc(C3=CCCN=C3)cc2Cl)C(=O)N1CC(=O)NC1CCCC1C)NC1CCOCC1. The molecular weight excluding hydrogens is 550 g/mol. The fourth-order valence-electron chi connectivity index (χ4n) is 5.97. The molecule has 2 atom stereocenters. The van der Waals surface area contributed by atoms with E-state index >= 15 is 0 Å². The Kier molecular flexibility index (Phi) is 9.75. The number of aliphatic imine (C=N–C) groups is 2. The van der Waals surface area contributed by atoms with Crippen LogP contribution < -0.4 is 10.6 Å². The second kappa shape index (κ2) is 13.7. The summed E-state index contributed by atoms with van der Waals surface area (Å²) < 4.78 is 5.47. The van der Waals surface area contributed by atoms with Crippen LogP contribution in [-0.4, -0.2) is 67.2 Å².